The van der Waals surface area contributed by atoms with Crippen LogP contribution in [0.5, 0.6) is 0 Å². The van der Waals surface area contributed by atoms with E-state index in [0.29, 0.717) is 5.56 Å². The Morgan fingerprint density at radius 1 is 1.44 bits per heavy atom. The van der Waals surface area contributed by atoms with Crippen molar-refractivity contribution in [2.75, 3.05) is 12.9 Å². The second kappa shape index (κ2) is 4.94. The molecule has 0 aliphatic rings. The van der Waals surface area contributed by atoms with E-state index < -0.39 is 26.2 Å². The molecule has 0 amide bonds. The van der Waals surface area contributed by atoms with Gasteiger partial charge in [-0.15, -0.1) is 0 Å². The summed E-state index contributed by atoms with van der Waals surface area (Å²) >= 11 is 1.64. The predicted octanol–water partition coefficient (Wildman–Crippen LogP) is 1.38. The van der Waals surface area contributed by atoms with Crippen molar-refractivity contribution in [1.29, 1.82) is 0 Å². The maximum Gasteiger partial charge on any atom is 0.264 e. The van der Waals surface area contributed by atoms with E-state index in [4.69, 9.17) is 0 Å². The van der Waals surface area contributed by atoms with E-state index in [1.165, 1.54) is 24.3 Å². The van der Waals surface area contributed by atoms with E-state index >= 15 is 0 Å². The number of aliphatic hydroxyl groups is 1. The SMILES string of the molecule is CS(=O)(=O)OC[C@](O)(I)c1ccc(F)cc1. The third kappa shape index (κ3) is 4.32. The van der Waals surface area contributed by atoms with Crippen LogP contribution in [0.4, 0.5) is 4.39 Å². The van der Waals surface area contributed by atoms with E-state index in [1.807, 2.05) is 0 Å². The van der Waals surface area contributed by atoms with Gasteiger partial charge in [-0.3, -0.25) is 4.18 Å². The molecule has 16 heavy (non-hydrogen) atoms. The minimum Gasteiger partial charge on any atom is -0.373 e. The first-order valence-corrected chi connectivity index (χ1v) is 7.12. The van der Waals surface area contributed by atoms with Gasteiger partial charge in [0.25, 0.3) is 10.1 Å². The third-order valence-corrected chi connectivity index (χ3v) is 3.23. The Labute approximate surface area is 107 Å². The summed E-state index contributed by atoms with van der Waals surface area (Å²) in [4.78, 5) is 0. The summed E-state index contributed by atoms with van der Waals surface area (Å²) in [5.74, 6) is -0.431. The lowest BCUT2D eigenvalue weighted by Crippen LogP contribution is -2.25. The second-order valence-corrected chi connectivity index (χ2v) is 6.66. The van der Waals surface area contributed by atoms with Gasteiger partial charge in [0, 0.05) is 0 Å². The topological polar surface area (TPSA) is 63.6 Å². The first-order chi connectivity index (χ1) is 7.21. The second-order valence-electron chi connectivity index (χ2n) is 3.23. The molecule has 1 atom stereocenters. The highest BCUT2D eigenvalue weighted by atomic mass is 127. The maximum absolute atomic E-state index is 12.6. The lowest BCUT2D eigenvalue weighted by atomic mass is 10.1. The Bertz CT molecular complexity index is 455. The van der Waals surface area contributed by atoms with Gasteiger partial charge in [-0.1, -0.05) is 12.1 Å². The lowest BCUT2D eigenvalue weighted by Gasteiger charge is -2.20. The van der Waals surface area contributed by atoms with Crippen molar-refractivity contribution in [1.82, 2.24) is 0 Å². The molecule has 0 fully saturated rings. The Morgan fingerprint density at radius 3 is 2.38 bits per heavy atom. The fourth-order valence-corrected chi connectivity index (χ4v) is 2.08. The van der Waals surface area contributed by atoms with Crippen molar-refractivity contribution in [2.45, 2.75) is 3.61 Å². The Hall–Kier alpha value is -0.250. The standard InChI is InChI=1S/C9H10FIO4S/c1-16(13,14)15-6-9(11,12)7-2-4-8(10)5-3-7/h2-5,12H,6H2,1H3/t9-/m1/s1. The zero-order chi connectivity index (χ0) is 12.4. The highest BCUT2D eigenvalue weighted by Crippen LogP contribution is 2.29. The molecule has 0 saturated carbocycles. The largest absolute Gasteiger partial charge is 0.373 e. The molecule has 1 aromatic carbocycles. The lowest BCUT2D eigenvalue weighted by molar-refractivity contribution is 0.0943. The zero-order valence-corrected chi connectivity index (χ0v) is 11.3. The molecule has 0 aliphatic carbocycles. The number of hydrogen-bond acceptors (Lipinski definition) is 4. The third-order valence-electron chi connectivity index (χ3n) is 1.75. The van der Waals surface area contributed by atoms with Crippen LogP contribution >= 0.6 is 22.6 Å². The Morgan fingerprint density at radius 2 is 1.94 bits per heavy atom. The van der Waals surface area contributed by atoms with Crippen LogP contribution in [-0.2, 0) is 17.9 Å². The van der Waals surface area contributed by atoms with E-state index in [1.54, 1.807) is 22.6 Å². The number of hydrogen-bond donors (Lipinski definition) is 1. The number of benzene rings is 1. The monoisotopic (exact) mass is 360 g/mol. The smallest absolute Gasteiger partial charge is 0.264 e. The molecule has 4 nitrogen and oxygen atoms in total. The van der Waals surface area contributed by atoms with Crippen LogP contribution in [0.1, 0.15) is 5.56 Å². The molecule has 90 valence electrons. The van der Waals surface area contributed by atoms with Crippen LogP contribution in [0.2, 0.25) is 0 Å². The summed E-state index contributed by atoms with van der Waals surface area (Å²) in [6.07, 6.45) is 0.893. The van der Waals surface area contributed by atoms with Crippen LogP contribution in [0.15, 0.2) is 24.3 Å². The van der Waals surface area contributed by atoms with Crippen LogP contribution in [0.3, 0.4) is 0 Å². The van der Waals surface area contributed by atoms with Gasteiger partial charge in [-0.25, -0.2) is 4.39 Å². The van der Waals surface area contributed by atoms with Crippen molar-refractivity contribution in [3.8, 4) is 0 Å². The van der Waals surface area contributed by atoms with E-state index in [0.717, 1.165) is 6.26 Å². The molecule has 0 aromatic heterocycles. The van der Waals surface area contributed by atoms with Gasteiger partial charge in [-0.05, 0) is 40.3 Å². The molecule has 1 N–H and O–H groups in total. The van der Waals surface area contributed by atoms with Crippen molar-refractivity contribution in [3.05, 3.63) is 35.6 Å². The quantitative estimate of drug-likeness (QED) is 0.501. The van der Waals surface area contributed by atoms with Gasteiger partial charge in [0.2, 0.25) is 0 Å². The van der Waals surface area contributed by atoms with Gasteiger partial charge in [0.05, 0.1) is 6.26 Å². The van der Waals surface area contributed by atoms with Gasteiger partial charge in [0.15, 0.2) is 3.61 Å². The van der Waals surface area contributed by atoms with Crippen LogP contribution < -0.4 is 0 Å². The summed E-state index contributed by atoms with van der Waals surface area (Å²) < 4.78 is 37.2. The highest BCUT2D eigenvalue weighted by molar-refractivity contribution is 14.1. The average molecular weight is 360 g/mol. The average Bonchev–Trinajstić information content (AvgIpc) is 2.15. The zero-order valence-electron chi connectivity index (χ0n) is 8.35. The molecular formula is C9H10FIO4S. The van der Waals surface area contributed by atoms with Gasteiger partial charge < -0.3 is 5.11 Å². The summed E-state index contributed by atoms with van der Waals surface area (Å²) in [5, 5.41) is 9.91. The molecular weight excluding hydrogens is 350 g/mol. The Balaban J connectivity index is 2.81. The van der Waals surface area contributed by atoms with E-state index in [2.05, 4.69) is 4.18 Å². The summed E-state index contributed by atoms with van der Waals surface area (Å²) in [6.45, 7) is -0.419. The molecule has 0 radical (unpaired) electrons. The molecule has 0 aliphatic heterocycles. The molecule has 7 heteroatoms. The van der Waals surface area contributed by atoms with Gasteiger partial charge >= 0.3 is 0 Å². The van der Waals surface area contributed by atoms with Crippen LogP contribution in [0, 0.1) is 5.82 Å². The molecule has 0 spiro atoms. The van der Waals surface area contributed by atoms with Crippen molar-refractivity contribution in [2.24, 2.45) is 0 Å². The van der Waals surface area contributed by atoms with Crippen LogP contribution in [-0.4, -0.2) is 26.4 Å². The highest BCUT2D eigenvalue weighted by Gasteiger charge is 2.27. The number of halogens is 2. The molecule has 0 heterocycles. The summed E-state index contributed by atoms with van der Waals surface area (Å²) in [7, 11) is -3.61. The normalized spacial score (nSPS) is 15.8. The summed E-state index contributed by atoms with van der Waals surface area (Å²) in [5.41, 5.74) is 0.373. The fraction of sp³-hybridized carbons (Fsp3) is 0.333. The van der Waals surface area contributed by atoms with Crippen molar-refractivity contribution < 1.29 is 22.1 Å². The first-order valence-electron chi connectivity index (χ1n) is 4.22. The number of alkyl halides is 1. The minimum absolute atomic E-state index is 0.373. The predicted molar refractivity (Wildman–Crippen MR) is 65.1 cm³/mol. The molecule has 1 aromatic rings. The molecule has 0 saturated heterocycles. The van der Waals surface area contributed by atoms with E-state index in [9.17, 15) is 17.9 Å². The van der Waals surface area contributed by atoms with Gasteiger partial charge in [-0.2, -0.15) is 8.42 Å². The Kier molecular flexibility index (Phi) is 4.27. The molecule has 1 rings (SSSR count). The van der Waals surface area contributed by atoms with Crippen molar-refractivity contribution >= 4 is 32.7 Å². The first kappa shape index (κ1) is 13.8. The number of rotatable bonds is 4. The maximum atomic E-state index is 12.6. The summed E-state index contributed by atoms with van der Waals surface area (Å²) in [6, 6.07) is 5.10. The van der Waals surface area contributed by atoms with E-state index in [-0.39, 0.29) is 0 Å². The molecule has 0 bridgehead atoms. The fourth-order valence-electron chi connectivity index (χ4n) is 0.974. The van der Waals surface area contributed by atoms with Crippen LogP contribution in [0.25, 0.3) is 0 Å². The van der Waals surface area contributed by atoms with Crippen molar-refractivity contribution in [3.63, 3.8) is 0 Å². The van der Waals surface area contributed by atoms with Gasteiger partial charge in [0.1, 0.15) is 12.4 Å². The molecule has 0 unspecified atom stereocenters. The minimum atomic E-state index is -3.61.